The number of hydrogen-bond donors (Lipinski definition) is 1. The van der Waals surface area contributed by atoms with Crippen LogP contribution < -0.4 is 10.9 Å². The first kappa shape index (κ1) is 14.0. The number of rotatable bonds is 4. The maximum absolute atomic E-state index is 11.8. The molecule has 104 valence electrons. The van der Waals surface area contributed by atoms with Gasteiger partial charge in [-0.15, -0.1) is 0 Å². The second-order valence-electron chi connectivity index (χ2n) is 4.84. The molecule has 1 aromatic carbocycles. The van der Waals surface area contributed by atoms with Crippen LogP contribution >= 0.6 is 0 Å². The topological polar surface area (TPSA) is 64.0 Å². The largest absolute Gasteiger partial charge is 0.324 e. The molecular weight excluding hydrogens is 254 g/mol. The molecule has 1 heterocycles. The Balaban J connectivity index is 2.01. The molecule has 0 unspecified atom stereocenters. The molecule has 0 saturated carbocycles. The first-order valence-electron chi connectivity index (χ1n) is 6.48. The molecule has 0 aliphatic heterocycles. The molecule has 0 spiro atoms. The van der Waals surface area contributed by atoms with Crippen LogP contribution in [0, 0.1) is 0 Å². The van der Waals surface area contributed by atoms with Crippen molar-refractivity contribution in [2.45, 2.75) is 26.3 Å². The first-order valence-corrected chi connectivity index (χ1v) is 6.48. The van der Waals surface area contributed by atoms with Gasteiger partial charge in [-0.05, 0) is 29.7 Å². The number of amides is 1. The van der Waals surface area contributed by atoms with E-state index in [0.29, 0.717) is 11.6 Å². The van der Waals surface area contributed by atoms with Crippen molar-refractivity contribution in [1.29, 1.82) is 0 Å². The Morgan fingerprint density at radius 1 is 1.25 bits per heavy atom. The van der Waals surface area contributed by atoms with Crippen LogP contribution in [0.5, 0.6) is 0 Å². The summed E-state index contributed by atoms with van der Waals surface area (Å²) in [5.41, 5.74) is 1.63. The molecule has 0 aliphatic rings. The number of anilines is 1. The van der Waals surface area contributed by atoms with Gasteiger partial charge in [-0.2, -0.15) is 5.10 Å². The average molecular weight is 271 g/mol. The van der Waals surface area contributed by atoms with Crippen LogP contribution in [0.15, 0.2) is 47.4 Å². The van der Waals surface area contributed by atoms with Gasteiger partial charge in [0.2, 0.25) is 5.91 Å². The van der Waals surface area contributed by atoms with E-state index in [-0.39, 0.29) is 18.0 Å². The van der Waals surface area contributed by atoms with Crippen molar-refractivity contribution < 1.29 is 4.79 Å². The smallest absolute Gasteiger partial charge is 0.267 e. The lowest BCUT2D eigenvalue weighted by molar-refractivity contribution is -0.117. The van der Waals surface area contributed by atoms with Gasteiger partial charge in [-0.25, -0.2) is 4.68 Å². The molecule has 0 bridgehead atoms. The zero-order valence-electron chi connectivity index (χ0n) is 11.5. The Bertz CT molecular complexity index is 645. The van der Waals surface area contributed by atoms with E-state index in [9.17, 15) is 9.59 Å². The van der Waals surface area contributed by atoms with Gasteiger partial charge in [0, 0.05) is 18.0 Å². The van der Waals surface area contributed by atoms with Gasteiger partial charge in [0.1, 0.15) is 6.54 Å². The first-order chi connectivity index (χ1) is 9.56. The van der Waals surface area contributed by atoms with Gasteiger partial charge in [0.25, 0.3) is 5.56 Å². The number of nitrogens with zero attached hydrogens (tertiary/aromatic N) is 2. The molecular formula is C15H17N3O2. The highest BCUT2D eigenvalue weighted by Crippen LogP contribution is 2.16. The summed E-state index contributed by atoms with van der Waals surface area (Å²) in [5.74, 6) is 0.176. The lowest BCUT2D eigenvalue weighted by Crippen LogP contribution is -2.28. The van der Waals surface area contributed by atoms with Crippen molar-refractivity contribution >= 4 is 11.6 Å². The molecule has 2 rings (SSSR count). The monoisotopic (exact) mass is 271 g/mol. The summed E-state index contributed by atoms with van der Waals surface area (Å²) in [5, 5.41) is 6.59. The van der Waals surface area contributed by atoms with Crippen LogP contribution in [0.25, 0.3) is 0 Å². The summed E-state index contributed by atoms with van der Waals surface area (Å²) in [6.45, 7) is 4.13. The van der Waals surface area contributed by atoms with E-state index in [4.69, 9.17) is 0 Å². The zero-order chi connectivity index (χ0) is 14.5. The fourth-order valence-corrected chi connectivity index (χ4v) is 1.79. The Morgan fingerprint density at radius 2 is 1.95 bits per heavy atom. The van der Waals surface area contributed by atoms with Crippen molar-refractivity contribution in [1.82, 2.24) is 9.78 Å². The highest BCUT2D eigenvalue weighted by atomic mass is 16.2. The van der Waals surface area contributed by atoms with Gasteiger partial charge in [0.15, 0.2) is 0 Å². The van der Waals surface area contributed by atoms with Crippen LogP contribution in [-0.4, -0.2) is 15.7 Å². The van der Waals surface area contributed by atoms with E-state index < -0.39 is 0 Å². The van der Waals surface area contributed by atoms with Crippen molar-refractivity contribution in [3.05, 3.63) is 58.5 Å². The molecule has 1 amide bonds. The van der Waals surface area contributed by atoms with Crippen LogP contribution in [0.1, 0.15) is 25.3 Å². The molecule has 1 N–H and O–H groups in total. The Hall–Kier alpha value is -2.43. The van der Waals surface area contributed by atoms with Gasteiger partial charge in [-0.3, -0.25) is 9.59 Å². The summed E-state index contributed by atoms with van der Waals surface area (Å²) in [7, 11) is 0. The second-order valence-corrected chi connectivity index (χ2v) is 4.84. The Morgan fingerprint density at radius 3 is 2.55 bits per heavy atom. The van der Waals surface area contributed by atoms with E-state index in [0.717, 1.165) is 4.68 Å². The summed E-state index contributed by atoms with van der Waals surface area (Å²) in [6, 6.07) is 10.6. The lowest BCUT2D eigenvalue weighted by Gasteiger charge is -2.08. The third kappa shape index (κ3) is 3.54. The maximum Gasteiger partial charge on any atom is 0.267 e. The third-order valence-corrected chi connectivity index (χ3v) is 2.94. The Labute approximate surface area is 117 Å². The van der Waals surface area contributed by atoms with Crippen LogP contribution in [0.4, 0.5) is 5.69 Å². The van der Waals surface area contributed by atoms with Crippen molar-refractivity contribution in [2.75, 3.05) is 5.32 Å². The highest BCUT2D eigenvalue weighted by Gasteiger charge is 2.06. The molecule has 0 saturated heterocycles. The zero-order valence-corrected chi connectivity index (χ0v) is 11.5. The predicted octanol–water partition coefficient (Wildman–Crippen LogP) is 2.01. The molecule has 2 aromatic rings. The average Bonchev–Trinajstić information content (AvgIpc) is 2.42. The summed E-state index contributed by atoms with van der Waals surface area (Å²) < 4.78 is 1.12. The van der Waals surface area contributed by atoms with E-state index in [1.807, 2.05) is 24.3 Å². The fourth-order valence-electron chi connectivity index (χ4n) is 1.79. The highest BCUT2D eigenvalue weighted by molar-refractivity contribution is 5.90. The second kappa shape index (κ2) is 6.14. The molecule has 1 aromatic heterocycles. The van der Waals surface area contributed by atoms with Crippen LogP contribution in [0.2, 0.25) is 0 Å². The third-order valence-electron chi connectivity index (χ3n) is 2.94. The van der Waals surface area contributed by atoms with E-state index in [2.05, 4.69) is 24.3 Å². The van der Waals surface area contributed by atoms with Gasteiger partial charge >= 0.3 is 0 Å². The maximum atomic E-state index is 11.8. The van der Waals surface area contributed by atoms with Gasteiger partial charge in [0.05, 0.1) is 0 Å². The SMILES string of the molecule is CC(C)c1ccc(NC(=O)Cn2ncccc2=O)cc1. The van der Waals surface area contributed by atoms with Crippen LogP contribution in [-0.2, 0) is 11.3 Å². The summed E-state index contributed by atoms with van der Waals surface area (Å²) >= 11 is 0. The number of aromatic nitrogens is 2. The minimum atomic E-state index is -0.294. The Kier molecular flexibility index (Phi) is 4.30. The summed E-state index contributed by atoms with van der Waals surface area (Å²) in [6.07, 6.45) is 1.48. The minimum Gasteiger partial charge on any atom is -0.324 e. The van der Waals surface area contributed by atoms with E-state index in [1.165, 1.54) is 17.8 Å². The minimum absolute atomic E-state index is 0.0917. The predicted molar refractivity (Wildman–Crippen MR) is 77.7 cm³/mol. The molecule has 5 heteroatoms. The fraction of sp³-hybridized carbons (Fsp3) is 0.267. The van der Waals surface area contributed by atoms with Gasteiger partial charge < -0.3 is 5.32 Å². The number of nitrogens with one attached hydrogen (secondary N) is 1. The quantitative estimate of drug-likeness (QED) is 0.925. The summed E-state index contributed by atoms with van der Waals surface area (Å²) in [4.78, 5) is 23.3. The van der Waals surface area contributed by atoms with E-state index in [1.54, 1.807) is 6.07 Å². The standard InChI is InChI=1S/C15H17N3O2/c1-11(2)12-5-7-13(8-6-12)17-14(19)10-18-15(20)4-3-9-16-18/h3-9,11H,10H2,1-2H3,(H,17,19). The number of carbonyl (C=O) groups is 1. The number of carbonyl (C=O) groups excluding carboxylic acids is 1. The molecule has 0 atom stereocenters. The molecule has 0 radical (unpaired) electrons. The normalized spacial score (nSPS) is 10.6. The van der Waals surface area contributed by atoms with Crippen LogP contribution in [0.3, 0.4) is 0 Å². The molecule has 5 nitrogen and oxygen atoms in total. The molecule has 0 aliphatic carbocycles. The molecule has 0 fully saturated rings. The van der Waals surface area contributed by atoms with Crippen molar-refractivity contribution in [3.63, 3.8) is 0 Å². The molecule has 20 heavy (non-hydrogen) atoms. The number of hydrogen-bond acceptors (Lipinski definition) is 3. The van der Waals surface area contributed by atoms with E-state index >= 15 is 0 Å². The van der Waals surface area contributed by atoms with Crippen molar-refractivity contribution in [3.8, 4) is 0 Å². The lowest BCUT2D eigenvalue weighted by atomic mass is 10.0. The number of benzene rings is 1. The van der Waals surface area contributed by atoms with Crippen molar-refractivity contribution in [2.24, 2.45) is 0 Å². The van der Waals surface area contributed by atoms with Gasteiger partial charge in [-0.1, -0.05) is 26.0 Å².